The van der Waals surface area contributed by atoms with E-state index in [0.717, 1.165) is 55.1 Å². The van der Waals surface area contributed by atoms with Crippen LogP contribution in [0, 0.1) is 0 Å². The third kappa shape index (κ3) is 3.78. The Balaban J connectivity index is 1.84. The van der Waals surface area contributed by atoms with Crippen LogP contribution in [-0.2, 0) is 0 Å². The molecule has 0 spiro atoms. The van der Waals surface area contributed by atoms with Gasteiger partial charge in [0, 0.05) is 26.2 Å². The zero-order chi connectivity index (χ0) is 20.4. The molecule has 0 aliphatic carbocycles. The van der Waals surface area contributed by atoms with E-state index in [1.54, 1.807) is 27.7 Å². The zero-order valence-electron chi connectivity index (χ0n) is 16.9. The van der Waals surface area contributed by atoms with Gasteiger partial charge in [0.15, 0.2) is 0 Å². The normalized spacial score (nSPS) is 15.4. The van der Waals surface area contributed by atoms with E-state index < -0.39 is 0 Å². The Morgan fingerprint density at radius 3 is 2.45 bits per heavy atom. The Hall–Kier alpha value is -3.06. The molecule has 0 saturated carbocycles. The van der Waals surface area contributed by atoms with Gasteiger partial charge in [-0.2, -0.15) is 5.10 Å². The molecule has 1 saturated heterocycles. The van der Waals surface area contributed by atoms with Crippen molar-refractivity contribution in [2.45, 2.75) is 26.3 Å². The number of nitrogens with zero attached hydrogens (tertiary/aromatic N) is 4. The molecule has 2 aromatic carbocycles. The van der Waals surface area contributed by atoms with Crippen molar-refractivity contribution in [2.75, 3.05) is 31.1 Å². The minimum absolute atomic E-state index is 0.0478. The van der Waals surface area contributed by atoms with Crippen LogP contribution in [0.15, 0.2) is 53.6 Å². The molecule has 7 heteroatoms. The van der Waals surface area contributed by atoms with Gasteiger partial charge in [0.05, 0.1) is 17.4 Å². The van der Waals surface area contributed by atoms with Crippen LogP contribution >= 0.6 is 0 Å². The molecule has 4 rings (SSSR count). The molecular formula is C22H27N5O2. The molecule has 152 valence electrons. The van der Waals surface area contributed by atoms with Crippen molar-refractivity contribution >= 4 is 5.69 Å². The summed E-state index contributed by atoms with van der Waals surface area (Å²) in [7, 11) is 0. The highest BCUT2D eigenvalue weighted by Gasteiger charge is 2.19. The van der Waals surface area contributed by atoms with Crippen molar-refractivity contribution in [3.63, 3.8) is 0 Å². The van der Waals surface area contributed by atoms with E-state index in [4.69, 9.17) is 0 Å². The predicted molar refractivity (Wildman–Crippen MR) is 115 cm³/mol. The molecule has 1 aliphatic rings. The summed E-state index contributed by atoms with van der Waals surface area (Å²) in [5.41, 5.74) is 3.70. The van der Waals surface area contributed by atoms with Crippen molar-refractivity contribution in [1.82, 2.24) is 19.7 Å². The van der Waals surface area contributed by atoms with Gasteiger partial charge in [-0.1, -0.05) is 25.1 Å². The summed E-state index contributed by atoms with van der Waals surface area (Å²) in [6.45, 7) is 7.66. The van der Waals surface area contributed by atoms with Gasteiger partial charge >= 0.3 is 5.69 Å². The van der Waals surface area contributed by atoms with Gasteiger partial charge < -0.3 is 15.3 Å². The van der Waals surface area contributed by atoms with Crippen molar-refractivity contribution in [3.05, 3.63) is 59.3 Å². The summed E-state index contributed by atoms with van der Waals surface area (Å²) < 4.78 is 3.20. The van der Waals surface area contributed by atoms with Crippen molar-refractivity contribution in [2.24, 2.45) is 0 Å². The molecule has 1 atom stereocenters. The first kappa shape index (κ1) is 19.3. The van der Waals surface area contributed by atoms with Gasteiger partial charge in [0.25, 0.3) is 0 Å². The Morgan fingerprint density at radius 1 is 1.07 bits per heavy atom. The molecule has 0 bridgehead atoms. The van der Waals surface area contributed by atoms with E-state index in [1.165, 1.54) is 0 Å². The molecular weight excluding hydrogens is 366 g/mol. The SMILES string of the molecule is CCC(C)n1ncn(-c2cc(-c3ccc(O)cc3)ccc2N2CCNCC2)c1=O. The van der Waals surface area contributed by atoms with Crippen molar-refractivity contribution in [1.29, 1.82) is 0 Å². The number of benzene rings is 2. The van der Waals surface area contributed by atoms with E-state index in [9.17, 15) is 9.90 Å². The quantitative estimate of drug-likeness (QED) is 0.697. The largest absolute Gasteiger partial charge is 0.508 e. The lowest BCUT2D eigenvalue weighted by atomic mass is 10.0. The Kier molecular flexibility index (Phi) is 5.40. The molecule has 2 heterocycles. The van der Waals surface area contributed by atoms with E-state index in [1.807, 2.05) is 32.0 Å². The van der Waals surface area contributed by atoms with Crippen LogP contribution in [-0.4, -0.2) is 45.6 Å². The number of nitrogens with one attached hydrogen (secondary N) is 1. The van der Waals surface area contributed by atoms with Crippen LogP contribution in [0.4, 0.5) is 5.69 Å². The number of phenols is 1. The van der Waals surface area contributed by atoms with E-state index in [0.29, 0.717) is 0 Å². The molecule has 1 unspecified atom stereocenters. The minimum atomic E-state index is -0.126. The third-order valence-corrected chi connectivity index (χ3v) is 5.60. The molecule has 0 radical (unpaired) electrons. The summed E-state index contributed by atoms with van der Waals surface area (Å²) in [5, 5.41) is 17.3. The minimum Gasteiger partial charge on any atom is -0.508 e. The van der Waals surface area contributed by atoms with E-state index in [-0.39, 0.29) is 17.5 Å². The summed E-state index contributed by atoms with van der Waals surface area (Å²) >= 11 is 0. The Labute approximate surface area is 170 Å². The van der Waals surface area contributed by atoms with Gasteiger partial charge in [-0.3, -0.25) is 0 Å². The third-order valence-electron chi connectivity index (χ3n) is 5.60. The second-order valence-electron chi connectivity index (χ2n) is 7.47. The molecule has 29 heavy (non-hydrogen) atoms. The molecule has 1 fully saturated rings. The van der Waals surface area contributed by atoms with Crippen LogP contribution < -0.4 is 15.9 Å². The predicted octanol–water partition coefficient (Wildman–Crippen LogP) is 2.79. The fourth-order valence-corrected chi connectivity index (χ4v) is 3.68. The van der Waals surface area contributed by atoms with Gasteiger partial charge in [0.2, 0.25) is 0 Å². The molecule has 1 aliphatic heterocycles. The topological polar surface area (TPSA) is 75.3 Å². The number of rotatable bonds is 5. The Morgan fingerprint density at radius 2 is 1.76 bits per heavy atom. The second-order valence-corrected chi connectivity index (χ2v) is 7.47. The first-order chi connectivity index (χ1) is 14.1. The number of hydrogen-bond acceptors (Lipinski definition) is 5. The summed E-state index contributed by atoms with van der Waals surface area (Å²) in [5.74, 6) is 0.234. The van der Waals surface area contributed by atoms with Gasteiger partial charge in [0.1, 0.15) is 12.1 Å². The zero-order valence-corrected chi connectivity index (χ0v) is 16.9. The van der Waals surface area contributed by atoms with Crippen molar-refractivity contribution in [3.8, 4) is 22.6 Å². The number of aromatic nitrogens is 3. The first-order valence-corrected chi connectivity index (χ1v) is 10.1. The number of hydrogen-bond donors (Lipinski definition) is 2. The highest BCUT2D eigenvalue weighted by atomic mass is 16.3. The first-order valence-electron chi connectivity index (χ1n) is 10.1. The lowest BCUT2D eigenvalue weighted by Crippen LogP contribution is -2.44. The standard InChI is InChI=1S/C22H27N5O2/c1-3-16(2)27-22(29)26(15-24-27)21-14-18(17-4-7-19(28)8-5-17)6-9-20(21)25-12-10-23-11-13-25/h4-9,14-16,23,28H,3,10-13H2,1-2H3. The molecule has 1 aromatic heterocycles. The van der Waals surface area contributed by atoms with Crippen LogP contribution in [0.3, 0.4) is 0 Å². The fourth-order valence-electron chi connectivity index (χ4n) is 3.68. The van der Waals surface area contributed by atoms with Gasteiger partial charge in [-0.15, -0.1) is 0 Å². The molecule has 0 amide bonds. The number of phenolic OH excluding ortho intramolecular Hbond substituents is 1. The van der Waals surface area contributed by atoms with Crippen molar-refractivity contribution < 1.29 is 5.11 Å². The summed E-state index contributed by atoms with van der Waals surface area (Å²) in [6, 6.07) is 13.3. The average Bonchev–Trinajstić information content (AvgIpc) is 3.15. The monoisotopic (exact) mass is 393 g/mol. The lowest BCUT2D eigenvalue weighted by Gasteiger charge is -2.31. The Bertz CT molecular complexity index is 1030. The maximum atomic E-state index is 13.1. The summed E-state index contributed by atoms with van der Waals surface area (Å²) in [6.07, 6.45) is 2.46. The number of piperazine rings is 1. The highest BCUT2D eigenvalue weighted by Crippen LogP contribution is 2.31. The maximum absolute atomic E-state index is 13.1. The number of anilines is 1. The van der Waals surface area contributed by atoms with E-state index >= 15 is 0 Å². The highest BCUT2D eigenvalue weighted by molar-refractivity contribution is 5.74. The van der Waals surface area contributed by atoms with Gasteiger partial charge in [-0.25, -0.2) is 14.0 Å². The average molecular weight is 393 g/mol. The van der Waals surface area contributed by atoms with Crippen LogP contribution in [0.2, 0.25) is 0 Å². The molecule has 3 aromatic rings. The lowest BCUT2D eigenvalue weighted by molar-refractivity contribution is 0.460. The van der Waals surface area contributed by atoms with Crippen LogP contribution in [0.5, 0.6) is 5.75 Å². The fraction of sp³-hybridized carbons (Fsp3) is 0.364. The number of aromatic hydroxyl groups is 1. The smallest absolute Gasteiger partial charge is 0.350 e. The second kappa shape index (κ2) is 8.13. The van der Waals surface area contributed by atoms with Crippen LogP contribution in [0.25, 0.3) is 16.8 Å². The summed E-state index contributed by atoms with van der Waals surface area (Å²) in [4.78, 5) is 15.4. The van der Waals surface area contributed by atoms with Gasteiger partial charge in [-0.05, 0) is 48.7 Å². The molecule has 2 N–H and O–H groups in total. The van der Waals surface area contributed by atoms with E-state index in [2.05, 4.69) is 27.4 Å². The van der Waals surface area contributed by atoms with Crippen LogP contribution in [0.1, 0.15) is 26.3 Å². The maximum Gasteiger partial charge on any atom is 0.350 e. The molecule has 7 nitrogen and oxygen atoms in total.